The zero-order valence-corrected chi connectivity index (χ0v) is 12.3. The predicted molar refractivity (Wildman–Crippen MR) is 73.6 cm³/mol. The van der Waals surface area contributed by atoms with Gasteiger partial charge in [0.05, 0.1) is 5.56 Å². The lowest BCUT2D eigenvalue weighted by Gasteiger charge is -2.31. The standard InChI is InChI=1S/C14H20F3N3O/c1-9(2)6-13(3,8-18)20-12(21)10-4-5-11(19-7-10)14(15,16)17/h4-5,7,9H,6,8,18H2,1-3H3,(H,20,21). The summed E-state index contributed by atoms with van der Waals surface area (Å²) in [4.78, 5) is 15.3. The molecule has 0 fully saturated rings. The molecule has 21 heavy (non-hydrogen) atoms. The molecular weight excluding hydrogens is 283 g/mol. The van der Waals surface area contributed by atoms with Crippen LogP contribution in [0.4, 0.5) is 13.2 Å². The van der Waals surface area contributed by atoms with Crippen molar-refractivity contribution in [3.63, 3.8) is 0 Å². The Hall–Kier alpha value is -1.63. The van der Waals surface area contributed by atoms with Gasteiger partial charge in [0.15, 0.2) is 0 Å². The van der Waals surface area contributed by atoms with Gasteiger partial charge < -0.3 is 11.1 Å². The Labute approximate surface area is 121 Å². The Morgan fingerprint density at radius 2 is 2.00 bits per heavy atom. The van der Waals surface area contributed by atoms with Crippen molar-refractivity contribution in [2.45, 2.75) is 38.9 Å². The molecule has 4 nitrogen and oxygen atoms in total. The highest BCUT2D eigenvalue weighted by molar-refractivity contribution is 5.94. The maximum absolute atomic E-state index is 12.4. The first-order chi connectivity index (χ1) is 9.57. The molecule has 1 unspecified atom stereocenters. The lowest BCUT2D eigenvalue weighted by atomic mass is 9.90. The van der Waals surface area contributed by atoms with Crippen LogP contribution in [-0.4, -0.2) is 23.0 Å². The first-order valence-corrected chi connectivity index (χ1v) is 6.63. The molecule has 0 bridgehead atoms. The number of rotatable bonds is 5. The van der Waals surface area contributed by atoms with Gasteiger partial charge in [-0.2, -0.15) is 13.2 Å². The molecule has 7 heteroatoms. The summed E-state index contributed by atoms with van der Waals surface area (Å²) in [6.45, 7) is 6.05. The molecule has 118 valence electrons. The number of carbonyl (C=O) groups is 1. The number of carbonyl (C=O) groups excluding carboxylic acids is 1. The molecule has 0 saturated heterocycles. The number of aromatic nitrogens is 1. The van der Waals surface area contributed by atoms with Gasteiger partial charge in [-0.05, 0) is 31.4 Å². The van der Waals surface area contributed by atoms with E-state index in [4.69, 9.17) is 5.73 Å². The van der Waals surface area contributed by atoms with Gasteiger partial charge in [0.2, 0.25) is 0 Å². The average molecular weight is 303 g/mol. The van der Waals surface area contributed by atoms with E-state index in [1.807, 2.05) is 20.8 Å². The molecule has 1 aromatic heterocycles. The maximum atomic E-state index is 12.4. The summed E-state index contributed by atoms with van der Waals surface area (Å²) < 4.78 is 37.2. The second-order valence-electron chi connectivity index (χ2n) is 5.75. The van der Waals surface area contributed by atoms with Gasteiger partial charge in [-0.3, -0.25) is 9.78 Å². The van der Waals surface area contributed by atoms with Gasteiger partial charge in [0, 0.05) is 18.3 Å². The molecular formula is C14H20F3N3O. The molecule has 0 aliphatic rings. The van der Waals surface area contributed by atoms with Crippen LogP contribution in [0.1, 0.15) is 43.2 Å². The summed E-state index contributed by atoms with van der Waals surface area (Å²) in [5, 5.41) is 2.76. The highest BCUT2D eigenvalue weighted by Gasteiger charge is 2.32. The lowest BCUT2D eigenvalue weighted by molar-refractivity contribution is -0.141. The number of pyridine rings is 1. The molecule has 1 heterocycles. The lowest BCUT2D eigenvalue weighted by Crippen LogP contribution is -2.52. The number of hydrogen-bond donors (Lipinski definition) is 2. The number of amides is 1. The third kappa shape index (κ3) is 5.00. The van der Waals surface area contributed by atoms with E-state index < -0.39 is 23.3 Å². The van der Waals surface area contributed by atoms with Crippen LogP contribution in [0.3, 0.4) is 0 Å². The molecule has 1 aromatic rings. The smallest absolute Gasteiger partial charge is 0.346 e. The van der Waals surface area contributed by atoms with Crippen molar-refractivity contribution < 1.29 is 18.0 Å². The van der Waals surface area contributed by atoms with Crippen LogP contribution >= 0.6 is 0 Å². The van der Waals surface area contributed by atoms with Crippen LogP contribution < -0.4 is 11.1 Å². The zero-order chi connectivity index (χ0) is 16.3. The normalized spacial score (nSPS) is 14.9. The Kier molecular flexibility index (Phi) is 5.33. The molecule has 1 rings (SSSR count). The van der Waals surface area contributed by atoms with Gasteiger partial charge in [-0.25, -0.2) is 0 Å². The van der Waals surface area contributed by atoms with E-state index in [1.165, 1.54) is 0 Å². The Balaban J connectivity index is 2.84. The number of nitrogens with one attached hydrogen (secondary N) is 1. The summed E-state index contributed by atoms with van der Waals surface area (Å²) in [6, 6.07) is 1.90. The monoisotopic (exact) mass is 303 g/mol. The van der Waals surface area contributed by atoms with Gasteiger partial charge in [0.25, 0.3) is 5.91 Å². The minimum Gasteiger partial charge on any atom is -0.346 e. The van der Waals surface area contributed by atoms with Crippen LogP contribution in [0, 0.1) is 5.92 Å². The molecule has 0 aromatic carbocycles. The largest absolute Gasteiger partial charge is 0.433 e. The minimum absolute atomic E-state index is 0.0754. The number of nitrogens with two attached hydrogens (primary N) is 1. The fourth-order valence-corrected chi connectivity index (χ4v) is 2.13. The Morgan fingerprint density at radius 3 is 2.38 bits per heavy atom. The second kappa shape index (κ2) is 6.43. The fraction of sp³-hybridized carbons (Fsp3) is 0.571. The van der Waals surface area contributed by atoms with Crippen LogP contribution in [-0.2, 0) is 6.18 Å². The van der Waals surface area contributed by atoms with Gasteiger partial charge in [-0.1, -0.05) is 13.8 Å². The zero-order valence-electron chi connectivity index (χ0n) is 12.3. The van der Waals surface area contributed by atoms with Crippen molar-refractivity contribution in [1.29, 1.82) is 0 Å². The van der Waals surface area contributed by atoms with Crippen molar-refractivity contribution in [1.82, 2.24) is 10.3 Å². The maximum Gasteiger partial charge on any atom is 0.433 e. The molecule has 0 aliphatic heterocycles. The third-order valence-electron chi connectivity index (χ3n) is 3.04. The number of alkyl halides is 3. The van der Waals surface area contributed by atoms with E-state index >= 15 is 0 Å². The van der Waals surface area contributed by atoms with E-state index in [-0.39, 0.29) is 12.1 Å². The van der Waals surface area contributed by atoms with E-state index in [9.17, 15) is 18.0 Å². The highest BCUT2D eigenvalue weighted by Crippen LogP contribution is 2.27. The second-order valence-corrected chi connectivity index (χ2v) is 5.75. The number of nitrogens with zero attached hydrogens (tertiary/aromatic N) is 1. The van der Waals surface area contributed by atoms with Crippen molar-refractivity contribution in [2.75, 3.05) is 6.54 Å². The predicted octanol–water partition coefficient (Wildman–Crippen LogP) is 2.59. The highest BCUT2D eigenvalue weighted by atomic mass is 19.4. The summed E-state index contributed by atoms with van der Waals surface area (Å²) in [5.74, 6) is -0.158. The fourth-order valence-electron chi connectivity index (χ4n) is 2.13. The molecule has 0 radical (unpaired) electrons. The van der Waals surface area contributed by atoms with E-state index in [2.05, 4.69) is 10.3 Å². The summed E-state index contributed by atoms with van der Waals surface area (Å²) in [7, 11) is 0. The van der Waals surface area contributed by atoms with Crippen LogP contribution in [0.5, 0.6) is 0 Å². The van der Waals surface area contributed by atoms with Crippen molar-refractivity contribution in [2.24, 2.45) is 11.7 Å². The first-order valence-electron chi connectivity index (χ1n) is 6.63. The molecule has 1 atom stereocenters. The first kappa shape index (κ1) is 17.4. The van der Waals surface area contributed by atoms with E-state index in [0.29, 0.717) is 12.3 Å². The average Bonchev–Trinajstić information content (AvgIpc) is 2.36. The topological polar surface area (TPSA) is 68.0 Å². The number of hydrogen-bond acceptors (Lipinski definition) is 3. The van der Waals surface area contributed by atoms with Gasteiger partial charge in [0.1, 0.15) is 5.69 Å². The molecule has 3 N–H and O–H groups in total. The minimum atomic E-state index is -4.52. The van der Waals surface area contributed by atoms with Crippen LogP contribution in [0.2, 0.25) is 0 Å². The Bertz CT molecular complexity index is 485. The Morgan fingerprint density at radius 1 is 1.38 bits per heavy atom. The summed E-state index contributed by atoms with van der Waals surface area (Å²) in [6.07, 6.45) is -2.92. The van der Waals surface area contributed by atoms with Crippen molar-refractivity contribution in [3.05, 3.63) is 29.6 Å². The van der Waals surface area contributed by atoms with Crippen molar-refractivity contribution in [3.8, 4) is 0 Å². The quantitative estimate of drug-likeness (QED) is 0.878. The molecule has 0 spiro atoms. The van der Waals surface area contributed by atoms with Gasteiger partial charge in [-0.15, -0.1) is 0 Å². The van der Waals surface area contributed by atoms with Crippen molar-refractivity contribution >= 4 is 5.91 Å². The van der Waals surface area contributed by atoms with E-state index in [0.717, 1.165) is 18.3 Å². The SMILES string of the molecule is CC(C)CC(C)(CN)NC(=O)c1ccc(C(F)(F)F)nc1. The summed E-state index contributed by atoms with van der Waals surface area (Å²) >= 11 is 0. The third-order valence-corrected chi connectivity index (χ3v) is 3.04. The summed E-state index contributed by atoms with van der Waals surface area (Å²) in [5.41, 5.74) is 4.13. The van der Waals surface area contributed by atoms with Crippen LogP contribution in [0.15, 0.2) is 18.3 Å². The van der Waals surface area contributed by atoms with Crippen LogP contribution in [0.25, 0.3) is 0 Å². The molecule has 0 aliphatic carbocycles. The molecule has 1 amide bonds. The molecule has 0 saturated carbocycles. The van der Waals surface area contributed by atoms with E-state index in [1.54, 1.807) is 0 Å². The van der Waals surface area contributed by atoms with Gasteiger partial charge >= 0.3 is 6.18 Å². The number of halogens is 3.